The third-order valence-electron chi connectivity index (χ3n) is 1.51. The Bertz CT molecular complexity index is 225. The summed E-state index contributed by atoms with van der Waals surface area (Å²) in [6.45, 7) is 0. The summed E-state index contributed by atoms with van der Waals surface area (Å²) in [4.78, 5) is 14.5. The molecule has 1 unspecified atom stereocenters. The van der Waals surface area contributed by atoms with Crippen LogP contribution in [0.3, 0.4) is 0 Å². The van der Waals surface area contributed by atoms with Crippen molar-refractivity contribution in [2.75, 3.05) is 0 Å². The van der Waals surface area contributed by atoms with Gasteiger partial charge in [0.05, 0.1) is 6.04 Å². The Balaban J connectivity index is 0.00000121. The minimum absolute atomic E-state index is 0. The lowest BCUT2D eigenvalue weighted by molar-refractivity contribution is -0.119. The summed E-state index contributed by atoms with van der Waals surface area (Å²) in [5.41, 5.74) is 11.2. The van der Waals surface area contributed by atoms with Crippen LogP contribution >= 0.6 is 13.5 Å². The lowest BCUT2D eigenvalue weighted by Crippen LogP contribution is -2.36. The number of amides is 1. The predicted molar refractivity (Wildman–Crippen MR) is 53.4 cm³/mol. The first-order chi connectivity index (χ1) is 5.20. The maximum absolute atomic E-state index is 10.5. The van der Waals surface area contributed by atoms with Crippen molar-refractivity contribution in [1.29, 1.82) is 0 Å². The highest BCUT2D eigenvalue weighted by Crippen LogP contribution is 2.10. The Morgan fingerprint density at radius 2 is 2.42 bits per heavy atom. The lowest BCUT2D eigenvalue weighted by atomic mass is 10.1. The van der Waals surface area contributed by atoms with Gasteiger partial charge in [-0.3, -0.25) is 9.79 Å². The van der Waals surface area contributed by atoms with Gasteiger partial charge in [-0.05, 0) is 0 Å². The number of rotatable bonds is 3. The second-order valence-electron chi connectivity index (χ2n) is 2.46. The molecule has 0 saturated heterocycles. The number of allylic oxidation sites excluding steroid dienone is 1. The average molecular weight is 187 g/mol. The zero-order chi connectivity index (χ0) is 8.27. The molecule has 1 aliphatic heterocycles. The normalized spacial score (nSPS) is 16.6. The van der Waals surface area contributed by atoms with Gasteiger partial charge in [0.2, 0.25) is 5.91 Å². The molecule has 68 valence electrons. The van der Waals surface area contributed by atoms with Gasteiger partial charge in [0.25, 0.3) is 0 Å². The maximum atomic E-state index is 10.5. The molecule has 0 aromatic carbocycles. The number of nitrogens with two attached hydrogens (primary N) is 2. The summed E-state index contributed by atoms with van der Waals surface area (Å²) in [6.07, 6.45) is 5.00. The van der Waals surface area contributed by atoms with Crippen molar-refractivity contribution in [2.24, 2.45) is 16.5 Å². The minimum atomic E-state index is -0.600. The monoisotopic (exact) mass is 187 g/mol. The first kappa shape index (κ1) is 11.2. The molecule has 0 bridgehead atoms. The molecule has 0 radical (unpaired) electrons. The number of carbonyl (C=O) groups excluding carboxylic acids is 1. The highest BCUT2D eigenvalue weighted by Gasteiger charge is 2.11. The molecule has 12 heavy (non-hydrogen) atoms. The van der Waals surface area contributed by atoms with Gasteiger partial charge in [0, 0.05) is 24.8 Å². The fraction of sp³-hybridized carbons (Fsp3) is 0.429. The summed E-state index contributed by atoms with van der Waals surface area (Å²) in [5, 5.41) is 0. The number of hydrogen-bond donors (Lipinski definition) is 2. The van der Waals surface area contributed by atoms with Crippen molar-refractivity contribution in [1.82, 2.24) is 0 Å². The molecule has 1 aliphatic rings. The van der Waals surface area contributed by atoms with Crippen LogP contribution in [0.5, 0.6) is 0 Å². The van der Waals surface area contributed by atoms with Crippen molar-refractivity contribution in [3.63, 3.8) is 0 Å². The second kappa shape index (κ2) is 4.95. The molecule has 5 heteroatoms. The van der Waals surface area contributed by atoms with Crippen LogP contribution in [-0.2, 0) is 4.79 Å². The van der Waals surface area contributed by atoms with Crippen molar-refractivity contribution in [3.8, 4) is 0 Å². The van der Waals surface area contributed by atoms with E-state index in [1.807, 2.05) is 6.08 Å². The van der Waals surface area contributed by atoms with E-state index in [0.717, 1.165) is 12.1 Å². The van der Waals surface area contributed by atoms with E-state index in [1.54, 1.807) is 6.21 Å². The SMILES string of the molecule is NC(=O)C(N)CC1=CCC=N1.S. The summed E-state index contributed by atoms with van der Waals surface area (Å²) >= 11 is 0. The van der Waals surface area contributed by atoms with Crippen LogP contribution in [-0.4, -0.2) is 18.2 Å². The molecule has 4 N–H and O–H groups in total. The van der Waals surface area contributed by atoms with E-state index >= 15 is 0 Å². The van der Waals surface area contributed by atoms with Crippen LogP contribution < -0.4 is 11.5 Å². The van der Waals surface area contributed by atoms with Gasteiger partial charge in [0.1, 0.15) is 0 Å². The molecule has 0 aromatic rings. The van der Waals surface area contributed by atoms with E-state index in [-0.39, 0.29) is 13.5 Å². The predicted octanol–water partition coefficient (Wildman–Crippen LogP) is -0.340. The topological polar surface area (TPSA) is 81.5 Å². The highest BCUT2D eigenvalue weighted by molar-refractivity contribution is 7.59. The molecule has 1 atom stereocenters. The average Bonchev–Trinajstić information content (AvgIpc) is 2.39. The third-order valence-corrected chi connectivity index (χ3v) is 1.51. The van der Waals surface area contributed by atoms with Crippen molar-refractivity contribution < 1.29 is 4.79 Å². The standard InChI is InChI=1S/C7H11N3O.H2S/c8-6(7(9)11)4-5-2-1-3-10-5;/h2-3,6H,1,4,8H2,(H2,9,11);1H2. The molecule has 0 aromatic heterocycles. The third kappa shape index (κ3) is 3.06. The van der Waals surface area contributed by atoms with E-state index in [1.165, 1.54) is 0 Å². The number of nitrogens with zero attached hydrogens (tertiary/aromatic N) is 1. The van der Waals surface area contributed by atoms with Crippen LogP contribution in [0.25, 0.3) is 0 Å². The van der Waals surface area contributed by atoms with Crippen molar-refractivity contribution >= 4 is 25.6 Å². The quantitative estimate of drug-likeness (QED) is 0.633. The molecule has 1 heterocycles. The molecule has 1 amide bonds. The molecule has 0 spiro atoms. The highest BCUT2D eigenvalue weighted by atomic mass is 32.1. The summed E-state index contributed by atoms with van der Waals surface area (Å²) in [6, 6.07) is -0.600. The maximum Gasteiger partial charge on any atom is 0.234 e. The zero-order valence-electron chi connectivity index (χ0n) is 6.66. The summed E-state index contributed by atoms with van der Waals surface area (Å²) in [5.74, 6) is -0.479. The van der Waals surface area contributed by atoms with Crippen molar-refractivity contribution in [2.45, 2.75) is 18.9 Å². The molecule has 0 saturated carbocycles. The minimum Gasteiger partial charge on any atom is -0.368 e. The largest absolute Gasteiger partial charge is 0.368 e. The van der Waals surface area contributed by atoms with Gasteiger partial charge >= 0.3 is 0 Å². The smallest absolute Gasteiger partial charge is 0.234 e. The number of hydrogen-bond acceptors (Lipinski definition) is 3. The molecule has 4 nitrogen and oxygen atoms in total. The van der Waals surface area contributed by atoms with E-state index in [0.29, 0.717) is 6.42 Å². The van der Waals surface area contributed by atoms with Crippen molar-refractivity contribution in [3.05, 3.63) is 11.8 Å². The van der Waals surface area contributed by atoms with E-state index < -0.39 is 11.9 Å². The Morgan fingerprint density at radius 3 is 2.83 bits per heavy atom. The fourth-order valence-corrected chi connectivity index (χ4v) is 0.873. The molecule has 0 fully saturated rings. The van der Waals surface area contributed by atoms with Gasteiger partial charge < -0.3 is 11.5 Å². The van der Waals surface area contributed by atoms with E-state index in [4.69, 9.17) is 11.5 Å². The summed E-state index contributed by atoms with van der Waals surface area (Å²) in [7, 11) is 0. The zero-order valence-corrected chi connectivity index (χ0v) is 7.66. The fourth-order valence-electron chi connectivity index (χ4n) is 0.873. The number of primary amides is 1. The summed E-state index contributed by atoms with van der Waals surface area (Å²) < 4.78 is 0. The molecular formula is C7H13N3OS. The molecule has 0 aliphatic carbocycles. The van der Waals surface area contributed by atoms with Crippen LogP contribution in [0.4, 0.5) is 0 Å². The van der Waals surface area contributed by atoms with Gasteiger partial charge in [-0.2, -0.15) is 13.5 Å². The lowest BCUT2D eigenvalue weighted by Gasteiger charge is -2.04. The van der Waals surface area contributed by atoms with E-state index in [9.17, 15) is 4.79 Å². The van der Waals surface area contributed by atoms with E-state index in [2.05, 4.69) is 4.99 Å². The van der Waals surface area contributed by atoms with Crippen LogP contribution in [0, 0.1) is 0 Å². The molecular weight excluding hydrogens is 174 g/mol. The van der Waals surface area contributed by atoms with Gasteiger partial charge in [-0.1, -0.05) is 6.08 Å². The van der Waals surface area contributed by atoms with Crippen LogP contribution in [0.1, 0.15) is 12.8 Å². The Kier molecular flexibility index (Phi) is 4.61. The van der Waals surface area contributed by atoms with Crippen LogP contribution in [0.15, 0.2) is 16.8 Å². The van der Waals surface area contributed by atoms with Gasteiger partial charge in [-0.25, -0.2) is 0 Å². The second-order valence-corrected chi connectivity index (χ2v) is 2.46. The van der Waals surface area contributed by atoms with Gasteiger partial charge in [0.15, 0.2) is 0 Å². The van der Waals surface area contributed by atoms with Crippen LogP contribution in [0.2, 0.25) is 0 Å². The Labute approximate surface area is 78.2 Å². The Morgan fingerprint density at radius 1 is 1.75 bits per heavy atom. The van der Waals surface area contributed by atoms with Gasteiger partial charge in [-0.15, -0.1) is 0 Å². The Hall–Kier alpha value is -0.810. The number of aliphatic imine (C=N–C) groups is 1. The first-order valence-electron chi connectivity index (χ1n) is 3.46. The first-order valence-corrected chi connectivity index (χ1v) is 3.46. The molecule has 1 rings (SSSR count). The number of carbonyl (C=O) groups is 1.